The minimum atomic E-state index is -0.263. The van der Waals surface area contributed by atoms with Gasteiger partial charge in [-0.2, -0.15) is 5.10 Å². The average molecular weight is 372 g/mol. The summed E-state index contributed by atoms with van der Waals surface area (Å²) in [5.41, 5.74) is 7.24. The van der Waals surface area contributed by atoms with Crippen LogP contribution in [0.25, 0.3) is 0 Å². The molecule has 1 saturated heterocycles. The van der Waals surface area contributed by atoms with Crippen molar-refractivity contribution in [1.29, 1.82) is 0 Å². The summed E-state index contributed by atoms with van der Waals surface area (Å²) < 4.78 is 4.92. The summed E-state index contributed by atoms with van der Waals surface area (Å²) >= 11 is 1.42. The van der Waals surface area contributed by atoms with Crippen LogP contribution in [0.1, 0.15) is 36.6 Å². The van der Waals surface area contributed by atoms with Crippen molar-refractivity contribution in [3.05, 3.63) is 40.4 Å². The summed E-state index contributed by atoms with van der Waals surface area (Å²) in [6.45, 7) is 6.61. The van der Waals surface area contributed by atoms with Crippen molar-refractivity contribution < 1.29 is 9.53 Å². The van der Waals surface area contributed by atoms with Gasteiger partial charge in [-0.3, -0.25) is 10.2 Å². The minimum Gasteiger partial charge on any atom is -0.466 e. The zero-order valence-corrected chi connectivity index (χ0v) is 16.0. The number of nitrogens with zero attached hydrogens (tertiary/aromatic N) is 3. The highest BCUT2D eigenvalue weighted by atomic mass is 32.1. The lowest BCUT2D eigenvalue weighted by atomic mass is 10.1. The lowest BCUT2D eigenvalue weighted by molar-refractivity contribution is -0.142. The predicted molar refractivity (Wildman–Crippen MR) is 106 cm³/mol. The van der Waals surface area contributed by atoms with Crippen molar-refractivity contribution in [2.24, 2.45) is 5.10 Å². The number of carbonyl (C=O) groups is 1. The average Bonchev–Trinajstić information content (AvgIpc) is 3.27. The molecule has 3 rings (SSSR count). The molecule has 0 bridgehead atoms. The van der Waals surface area contributed by atoms with Crippen molar-refractivity contribution in [3.8, 4) is 0 Å². The number of hydrogen-bond acceptors (Lipinski definition) is 7. The molecule has 26 heavy (non-hydrogen) atoms. The normalized spacial score (nSPS) is 14.2. The van der Waals surface area contributed by atoms with Gasteiger partial charge in [0.05, 0.1) is 24.9 Å². The van der Waals surface area contributed by atoms with E-state index in [1.807, 2.05) is 5.38 Å². The standard InChI is InChI=1S/C19H24N4O2S/c1-3-25-18(24)11-16-13-26-19(21-16)22-20-12-15-6-7-17(14(2)10-15)23-8-4-5-9-23/h6-7,10,12-13H,3-5,8-9,11H2,1-2H3,(H,21,22). The van der Waals surface area contributed by atoms with Crippen LogP contribution in [0.4, 0.5) is 10.8 Å². The summed E-state index contributed by atoms with van der Waals surface area (Å²) in [5, 5.41) is 6.75. The third kappa shape index (κ3) is 4.82. The quantitative estimate of drug-likeness (QED) is 0.457. The van der Waals surface area contributed by atoms with Gasteiger partial charge in [0.25, 0.3) is 0 Å². The van der Waals surface area contributed by atoms with Crippen molar-refractivity contribution in [2.75, 3.05) is 30.0 Å². The number of hydrazone groups is 1. The zero-order valence-electron chi connectivity index (χ0n) is 15.2. The van der Waals surface area contributed by atoms with E-state index in [-0.39, 0.29) is 12.4 Å². The van der Waals surface area contributed by atoms with Gasteiger partial charge >= 0.3 is 5.97 Å². The number of rotatable bonds is 7. The van der Waals surface area contributed by atoms with Crippen molar-refractivity contribution in [3.63, 3.8) is 0 Å². The number of anilines is 2. The highest BCUT2D eigenvalue weighted by molar-refractivity contribution is 7.13. The largest absolute Gasteiger partial charge is 0.466 e. The number of ether oxygens (including phenoxy) is 1. The molecule has 1 aromatic heterocycles. The van der Waals surface area contributed by atoms with Gasteiger partial charge in [-0.1, -0.05) is 6.07 Å². The molecule has 1 aliphatic heterocycles. The van der Waals surface area contributed by atoms with E-state index in [0.29, 0.717) is 17.4 Å². The first-order chi connectivity index (χ1) is 12.7. The monoisotopic (exact) mass is 372 g/mol. The molecule has 1 aliphatic rings. The Morgan fingerprint density at radius 2 is 2.23 bits per heavy atom. The number of aromatic nitrogens is 1. The van der Waals surface area contributed by atoms with Crippen LogP contribution in [0.3, 0.4) is 0 Å². The van der Waals surface area contributed by atoms with E-state index in [4.69, 9.17) is 4.74 Å². The number of aryl methyl sites for hydroxylation is 1. The molecule has 1 aromatic carbocycles. The third-order valence-electron chi connectivity index (χ3n) is 4.22. The Bertz CT molecular complexity index is 782. The van der Waals surface area contributed by atoms with Crippen LogP contribution in [-0.2, 0) is 16.0 Å². The summed E-state index contributed by atoms with van der Waals surface area (Å²) in [4.78, 5) is 18.2. The van der Waals surface area contributed by atoms with Gasteiger partial charge < -0.3 is 9.64 Å². The first-order valence-electron chi connectivity index (χ1n) is 8.90. The zero-order chi connectivity index (χ0) is 18.4. The van der Waals surface area contributed by atoms with E-state index in [1.54, 1.807) is 13.1 Å². The fourth-order valence-electron chi connectivity index (χ4n) is 3.03. The summed E-state index contributed by atoms with van der Waals surface area (Å²) in [5.74, 6) is -0.263. The molecule has 2 aromatic rings. The molecule has 0 spiro atoms. The molecular formula is C19H24N4O2S. The van der Waals surface area contributed by atoms with E-state index < -0.39 is 0 Å². The second kappa shape index (κ2) is 8.80. The Kier molecular flexibility index (Phi) is 6.22. The summed E-state index contributed by atoms with van der Waals surface area (Å²) in [6.07, 6.45) is 4.52. The van der Waals surface area contributed by atoms with E-state index >= 15 is 0 Å². The van der Waals surface area contributed by atoms with E-state index in [1.165, 1.54) is 35.4 Å². The Morgan fingerprint density at radius 3 is 2.96 bits per heavy atom. The van der Waals surface area contributed by atoms with Crippen LogP contribution in [0.5, 0.6) is 0 Å². The van der Waals surface area contributed by atoms with Gasteiger partial charge in [0, 0.05) is 24.2 Å². The topological polar surface area (TPSA) is 66.8 Å². The van der Waals surface area contributed by atoms with Gasteiger partial charge in [-0.05, 0) is 49.9 Å². The third-order valence-corrected chi connectivity index (χ3v) is 5.02. The molecule has 138 valence electrons. The highest BCUT2D eigenvalue weighted by Gasteiger charge is 2.14. The van der Waals surface area contributed by atoms with Gasteiger partial charge in [0.15, 0.2) is 0 Å². The van der Waals surface area contributed by atoms with Crippen LogP contribution in [0, 0.1) is 6.92 Å². The van der Waals surface area contributed by atoms with E-state index in [9.17, 15) is 4.79 Å². The van der Waals surface area contributed by atoms with Gasteiger partial charge in [-0.25, -0.2) is 4.98 Å². The predicted octanol–water partition coefficient (Wildman–Crippen LogP) is 3.60. The van der Waals surface area contributed by atoms with Crippen molar-refractivity contribution in [2.45, 2.75) is 33.1 Å². The van der Waals surface area contributed by atoms with Crippen LogP contribution >= 0.6 is 11.3 Å². The van der Waals surface area contributed by atoms with Crippen LogP contribution in [0.15, 0.2) is 28.7 Å². The van der Waals surface area contributed by atoms with E-state index in [2.05, 4.69) is 45.5 Å². The maximum Gasteiger partial charge on any atom is 0.311 e. The lowest BCUT2D eigenvalue weighted by Gasteiger charge is -2.20. The van der Waals surface area contributed by atoms with Crippen molar-refractivity contribution in [1.82, 2.24) is 4.98 Å². The Labute approximate surface area is 157 Å². The fraction of sp³-hybridized carbons (Fsp3) is 0.421. The molecule has 0 atom stereocenters. The lowest BCUT2D eigenvalue weighted by Crippen LogP contribution is -2.18. The number of benzene rings is 1. The Morgan fingerprint density at radius 1 is 1.42 bits per heavy atom. The molecule has 7 heteroatoms. The minimum absolute atomic E-state index is 0.187. The molecule has 0 saturated carbocycles. The highest BCUT2D eigenvalue weighted by Crippen LogP contribution is 2.24. The van der Waals surface area contributed by atoms with Crippen molar-refractivity contribution >= 4 is 34.3 Å². The smallest absolute Gasteiger partial charge is 0.311 e. The summed E-state index contributed by atoms with van der Waals surface area (Å²) in [7, 11) is 0. The Hall–Kier alpha value is -2.41. The Balaban J connectivity index is 1.56. The molecule has 0 unspecified atom stereocenters. The van der Waals surface area contributed by atoms with Gasteiger partial charge in [0.1, 0.15) is 0 Å². The number of hydrogen-bond donors (Lipinski definition) is 1. The number of carbonyl (C=O) groups excluding carboxylic acids is 1. The molecule has 0 amide bonds. The van der Waals surface area contributed by atoms with E-state index in [0.717, 1.165) is 18.7 Å². The molecule has 0 aliphatic carbocycles. The fourth-order valence-corrected chi connectivity index (χ4v) is 3.69. The number of esters is 1. The summed E-state index contributed by atoms with van der Waals surface area (Å²) in [6, 6.07) is 6.40. The SMILES string of the molecule is CCOC(=O)Cc1csc(NN=Cc2ccc(N3CCCC3)c(C)c2)n1. The van der Waals surface area contributed by atoms with Gasteiger partial charge in [-0.15, -0.1) is 11.3 Å². The molecule has 1 N–H and O–H groups in total. The van der Waals surface area contributed by atoms with Crippen LogP contribution < -0.4 is 10.3 Å². The van der Waals surface area contributed by atoms with Crippen LogP contribution in [0.2, 0.25) is 0 Å². The maximum absolute atomic E-state index is 11.5. The second-order valence-corrected chi connectivity index (χ2v) is 7.09. The second-order valence-electron chi connectivity index (χ2n) is 6.24. The number of nitrogens with one attached hydrogen (secondary N) is 1. The molecule has 2 heterocycles. The maximum atomic E-state index is 11.5. The number of thiazole rings is 1. The van der Waals surface area contributed by atoms with Gasteiger partial charge in [0.2, 0.25) is 5.13 Å². The molecular weight excluding hydrogens is 348 g/mol. The first kappa shape index (κ1) is 18.4. The first-order valence-corrected chi connectivity index (χ1v) is 9.78. The van der Waals surface area contributed by atoms with Crippen LogP contribution in [-0.4, -0.2) is 36.9 Å². The molecule has 0 radical (unpaired) electrons. The molecule has 1 fully saturated rings. The molecule has 6 nitrogen and oxygen atoms in total.